The summed E-state index contributed by atoms with van der Waals surface area (Å²) in [6.45, 7) is 0.741. The number of imidazole rings is 1. The number of allylic oxidation sites excluding steroid dienone is 1. The zero-order valence-electron chi connectivity index (χ0n) is 17.5. The maximum absolute atomic E-state index is 13.2. The van der Waals surface area contributed by atoms with Crippen LogP contribution < -0.4 is 0 Å². The molecule has 0 fully saturated rings. The highest BCUT2D eigenvalue weighted by Gasteiger charge is 2.08. The van der Waals surface area contributed by atoms with Gasteiger partial charge >= 0.3 is 0 Å². The molecule has 32 heavy (non-hydrogen) atoms. The molecule has 0 aliphatic carbocycles. The van der Waals surface area contributed by atoms with Crippen LogP contribution >= 0.6 is 12.4 Å². The molecule has 0 saturated heterocycles. The molecule has 160 valence electrons. The van der Waals surface area contributed by atoms with Crippen molar-refractivity contribution < 1.29 is 4.39 Å². The van der Waals surface area contributed by atoms with Crippen LogP contribution in [0.25, 0.3) is 11.6 Å². The number of nitriles is 1. The van der Waals surface area contributed by atoms with Crippen molar-refractivity contribution in [3.8, 4) is 6.07 Å². The molecule has 0 unspecified atom stereocenters. The number of aryl methyl sites for hydroxylation is 1. The lowest BCUT2D eigenvalue weighted by molar-refractivity contribution is 0.627. The SMILES string of the molecule is Cl.N#Cc1ccc(C(=Cc2cncn2Cc2ccccc2)CCc2ccc(F)cc2)cc1. The number of nitrogens with zero attached hydrogens (tertiary/aromatic N) is 3. The van der Waals surface area contributed by atoms with E-state index in [2.05, 4.69) is 33.8 Å². The lowest BCUT2D eigenvalue weighted by Gasteiger charge is -2.11. The first-order valence-electron chi connectivity index (χ1n) is 10.2. The second kappa shape index (κ2) is 11.1. The largest absolute Gasteiger partial charge is 0.327 e. The third-order valence-corrected chi connectivity index (χ3v) is 5.24. The molecule has 0 aliphatic rings. The second-order valence-electron chi connectivity index (χ2n) is 7.42. The molecule has 0 amide bonds. The third kappa shape index (κ3) is 5.94. The molecule has 0 spiro atoms. The standard InChI is InChI=1S/C27H22FN3.ClH/c28-26-14-9-21(10-15-26)6-13-25(24-11-7-22(17-29)8-12-24)16-27-18-30-20-31(27)19-23-4-2-1-3-5-23;/h1-5,7-12,14-16,18,20H,6,13,19H2;1H. The summed E-state index contributed by atoms with van der Waals surface area (Å²) < 4.78 is 15.4. The van der Waals surface area contributed by atoms with Crippen LogP contribution in [0.2, 0.25) is 0 Å². The maximum atomic E-state index is 13.2. The van der Waals surface area contributed by atoms with Crippen LogP contribution in [-0.2, 0) is 13.0 Å². The first-order chi connectivity index (χ1) is 15.2. The number of hydrogen-bond donors (Lipinski definition) is 0. The van der Waals surface area contributed by atoms with Gasteiger partial charge in [-0.15, -0.1) is 12.4 Å². The summed E-state index contributed by atoms with van der Waals surface area (Å²) in [5, 5.41) is 9.12. The molecule has 0 radical (unpaired) electrons. The van der Waals surface area contributed by atoms with Gasteiger partial charge in [0.15, 0.2) is 0 Å². The summed E-state index contributed by atoms with van der Waals surface area (Å²) in [5.41, 5.74) is 6.15. The lowest BCUT2D eigenvalue weighted by Crippen LogP contribution is -2.00. The molecule has 0 aliphatic heterocycles. The Morgan fingerprint density at radius 2 is 1.66 bits per heavy atom. The number of halogens is 2. The molecule has 3 nitrogen and oxygen atoms in total. The van der Waals surface area contributed by atoms with E-state index >= 15 is 0 Å². The Morgan fingerprint density at radius 1 is 0.938 bits per heavy atom. The Morgan fingerprint density at radius 3 is 2.34 bits per heavy atom. The molecule has 1 aromatic heterocycles. The molecular formula is C27H23ClFN3. The van der Waals surface area contributed by atoms with E-state index in [0.29, 0.717) is 5.56 Å². The summed E-state index contributed by atoms with van der Waals surface area (Å²) in [7, 11) is 0. The van der Waals surface area contributed by atoms with Crippen LogP contribution in [0.4, 0.5) is 4.39 Å². The van der Waals surface area contributed by atoms with E-state index in [-0.39, 0.29) is 18.2 Å². The van der Waals surface area contributed by atoms with E-state index in [1.54, 1.807) is 0 Å². The predicted molar refractivity (Wildman–Crippen MR) is 129 cm³/mol. The van der Waals surface area contributed by atoms with Crippen molar-refractivity contribution in [1.29, 1.82) is 5.26 Å². The number of rotatable bonds is 7. The zero-order chi connectivity index (χ0) is 21.5. The fourth-order valence-electron chi connectivity index (χ4n) is 3.53. The van der Waals surface area contributed by atoms with Crippen LogP contribution in [0.3, 0.4) is 0 Å². The quantitative estimate of drug-likeness (QED) is 0.325. The fraction of sp³-hybridized carbons (Fsp3) is 0.111. The first kappa shape index (κ1) is 23.0. The van der Waals surface area contributed by atoms with Gasteiger partial charge in [-0.25, -0.2) is 9.37 Å². The van der Waals surface area contributed by atoms with Gasteiger partial charge in [0.1, 0.15) is 5.82 Å². The monoisotopic (exact) mass is 443 g/mol. The smallest absolute Gasteiger partial charge is 0.123 e. The van der Waals surface area contributed by atoms with Gasteiger partial charge in [-0.3, -0.25) is 0 Å². The highest BCUT2D eigenvalue weighted by molar-refractivity contribution is 5.85. The molecule has 3 aromatic carbocycles. The normalized spacial score (nSPS) is 10.9. The van der Waals surface area contributed by atoms with Gasteiger partial charge in [0.2, 0.25) is 0 Å². The molecule has 0 N–H and O–H groups in total. The fourth-order valence-corrected chi connectivity index (χ4v) is 3.53. The van der Waals surface area contributed by atoms with Gasteiger partial charge in [0.25, 0.3) is 0 Å². The maximum Gasteiger partial charge on any atom is 0.123 e. The van der Waals surface area contributed by atoms with Gasteiger partial charge < -0.3 is 4.57 Å². The van der Waals surface area contributed by atoms with E-state index in [1.165, 1.54) is 17.7 Å². The van der Waals surface area contributed by atoms with Crippen LogP contribution in [0.1, 0.15) is 34.4 Å². The minimum absolute atomic E-state index is 0. The van der Waals surface area contributed by atoms with Crippen molar-refractivity contribution in [2.45, 2.75) is 19.4 Å². The predicted octanol–water partition coefficient (Wildman–Crippen LogP) is 6.54. The second-order valence-corrected chi connectivity index (χ2v) is 7.42. The number of aromatic nitrogens is 2. The minimum Gasteiger partial charge on any atom is -0.327 e. The summed E-state index contributed by atoms with van der Waals surface area (Å²) in [4.78, 5) is 4.35. The molecule has 1 heterocycles. The molecule has 4 rings (SSSR count). The Labute approximate surface area is 193 Å². The highest BCUT2D eigenvalue weighted by Crippen LogP contribution is 2.25. The number of benzene rings is 3. The van der Waals surface area contributed by atoms with Crippen molar-refractivity contribution in [2.24, 2.45) is 0 Å². The third-order valence-electron chi connectivity index (χ3n) is 5.24. The van der Waals surface area contributed by atoms with Gasteiger partial charge in [-0.1, -0.05) is 54.6 Å². The Hall–Kier alpha value is -3.68. The zero-order valence-corrected chi connectivity index (χ0v) is 18.3. The molecule has 0 saturated carbocycles. The van der Waals surface area contributed by atoms with Gasteiger partial charge in [0, 0.05) is 6.54 Å². The van der Waals surface area contributed by atoms with E-state index in [0.717, 1.165) is 41.8 Å². The van der Waals surface area contributed by atoms with Gasteiger partial charge in [0.05, 0.1) is 29.9 Å². The van der Waals surface area contributed by atoms with E-state index in [4.69, 9.17) is 5.26 Å². The van der Waals surface area contributed by atoms with E-state index in [1.807, 2.05) is 67.1 Å². The van der Waals surface area contributed by atoms with Gasteiger partial charge in [-0.05, 0) is 65.4 Å². The van der Waals surface area contributed by atoms with Crippen molar-refractivity contribution in [3.05, 3.63) is 125 Å². The summed E-state index contributed by atoms with van der Waals surface area (Å²) in [5.74, 6) is -0.226. The molecule has 5 heteroatoms. The van der Waals surface area contributed by atoms with Crippen LogP contribution in [0.5, 0.6) is 0 Å². The summed E-state index contributed by atoms with van der Waals surface area (Å²) >= 11 is 0. The van der Waals surface area contributed by atoms with Crippen LogP contribution in [0.15, 0.2) is 91.4 Å². The van der Waals surface area contributed by atoms with Crippen LogP contribution in [0, 0.1) is 17.1 Å². The summed E-state index contributed by atoms with van der Waals surface area (Å²) in [6.07, 6.45) is 7.44. The molecule has 0 atom stereocenters. The minimum atomic E-state index is -0.226. The highest BCUT2D eigenvalue weighted by atomic mass is 35.5. The average Bonchev–Trinajstić information content (AvgIpc) is 3.25. The summed E-state index contributed by atoms with van der Waals surface area (Å²) in [6, 6.07) is 26.7. The van der Waals surface area contributed by atoms with Gasteiger partial charge in [-0.2, -0.15) is 5.26 Å². The topological polar surface area (TPSA) is 41.6 Å². The molecule has 4 aromatic rings. The van der Waals surface area contributed by atoms with Crippen molar-refractivity contribution in [3.63, 3.8) is 0 Å². The Kier molecular flexibility index (Phi) is 7.96. The molecule has 0 bridgehead atoms. The van der Waals surface area contributed by atoms with Crippen LogP contribution in [-0.4, -0.2) is 9.55 Å². The van der Waals surface area contributed by atoms with E-state index < -0.39 is 0 Å². The Bertz CT molecular complexity index is 1200. The Balaban J connectivity index is 0.00000289. The molecular weight excluding hydrogens is 421 g/mol. The van der Waals surface area contributed by atoms with E-state index in [9.17, 15) is 4.39 Å². The first-order valence-corrected chi connectivity index (χ1v) is 10.2. The van der Waals surface area contributed by atoms with Crippen molar-refractivity contribution >= 4 is 24.1 Å². The number of hydrogen-bond acceptors (Lipinski definition) is 2. The van der Waals surface area contributed by atoms with Crippen molar-refractivity contribution in [1.82, 2.24) is 9.55 Å². The van der Waals surface area contributed by atoms with Crippen molar-refractivity contribution in [2.75, 3.05) is 0 Å². The lowest BCUT2D eigenvalue weighted by atomic mass is 9.96. The average molecular weight is 444 g/mol.